The van der Waals surface area contributed by atoms with Crippen LogP contribution in [0.3, 0.4) is 0 Å². The van der Waals surface area contributed by atoms with E-state index in [9.17, 15) is 18.0 Å². The number of hydrogen-bond donors (Lipinski definition) is 0. The van der Waals surface area contributed by atoms with Crippen LogP contribution >= 0.6 is 0 Å². The van der Waals surface area contributed by atoms with E-state index in [4.69, 9.17) is 4.74 Å². The van der Waals surface area contributed by atoms with Crippen LogP contribution in [0.1, 0.15) is 29.0 Å². The first-order valence-corrected chi connectivity index (χ1v) is 8.56. The highest BCUT2D eigenvalue weighted by molar-refractivity contribution is 5.93. The van der Waals surface area contributed by atoms with E-state index in [1.54, 1.807) is 12.1 Å². The third-order valence-corrected chi connectivity index (χ3v) is 4.73. The standard InChI is InChI=1S/C18H18F3N3O2/c19-18(20,21)16(12-6-7-12)23-8-9-24-15(17(23)25)10-13(22-24)11-26-14-4-2-1-3-5-14/h1-5,10,12,16H,6-9,11H2/t16-/m0/s1. The first-order chi connectivity index (χ1) is 12.4. The summed E-state index contributed by atoms with van der Waals surface area (Å²) in [5.41, 5.74) is 0.715. The normalized spacial score (nSPS) is 18.6. The lowest BCUT2D eigenvalue weighted by atomic mass is 10.1. The fourth-order valence-electron chi connectivity index (χ4n) is 3.38. The van der Waals surface area contributed by atoms with E-state index in [1.807, 2.05) is 18.2 Å². The summed E-state index contributed by atoms with van der Waals surface area (Å²) in [6.07, 6.45) is -3.37. The zero-order chi connectivity index (χ0) is 18.3. The van der Waals surface area contributed by atoms with Crippen LogP contribution in [0.25, 0.3) is 0 Å². The summed E-state index contributed by atoms with van der Waals surface area (Å²) >= 11 is 0. The Morgan fingerprint density at radius 3 is 2.58 bits per heavy atom. The number of amides is 1. The molecule has 0 unspecified atom stereocenters. The maximum atomic E-state index is 13.4. The van der Waals surface area contributed by atoms with Gasteiger partial charge in [0.1, 0.15) is 29.8 Å². The van der Waals surface area contributed by atoms with E-state index in [1.165, 1.54) is 10.7 Å². The number of fused-ring (bicyclic) bond motifs is 1. The molecule has 1 aromatic heterocycles. The number of benzene rings is 1. The quantitative estimate of drug-likeness (QED) is 0.817. The first-order valence-electron chi connectivity index (χ1n) is 8.56. The highest BCUT2D eigenvalue weighted by atomic mass is 19.4. The van der Waals surface area contributed by atoms with E-state index in [-0.39, 0.29) is 25.4 Å². The number of alkyl halides is 3. The van der Waals surface area contributed by atoms with Crippen molar-refractivity contribution >= 4 is 5.91 Å². The summed E-state index contributed by atoms with van der Waals surface area (Å²) in [5, 5.41) is 4.30. The van der Waals surface area contributed by atoms with Crippen LogP contribution in [0.15, 0.2) is 36.4 Å². The second-order valence-corrected chi connectivity index (χ2v) is 6.67. The van der Waals surface area contributed by atoms with E-state index in [0.717, 1.165) is 4.90 Å². The van der Waals surface area contributed by atoms with Gasteiger partial charge >= 0.3 is 6.18 Å². The molecule has 8 heteroatoms. The number of para-hydroxylation sites is 1. The smallest absolute Gasteiger partial charge is 0.409 e. The number of carbonyl (C=O) groups excluding carboxylic acids is 1. The molecule has 1 aromatic carbocycles. The summed E-state index contributed by atoms with van der Waals surface area (Å²) in [4.78, 5) is 13.6. The van der Waals surface area contributed by atoms with E-state index in [0.29, 0.717) is 24.3 Å². The van der Waals surface area contributed by atoms with Gasteiger partial charge in [-0.1, -0.05) is 18.2 Å². The highest BCUT2D eigenvalue weighted by Crippen LogP contribution is 2.44. The van der Waals surface area contributed by atoms with Gasteiger partial charge in [-0.3, -0.25) is 9.48 Å². The van der Waals surface area contributed by atoms with Gasteiger partial charge in [0.2, 0.25) is 0 Å². The lowest BCUT2D eigenvalue weighted by Gasteiger charge is -2.35. The van der Waals surface area contributed by atoms with Crippen molar-refractivity contribution in [3.05, 3.63) is 47.8 Å². The van der Waals surface area contributed by atoms with Gasteiger partial charge in [-0.25, -0.2) is 0 Å². The molecule has 4 rings (SSSR count). The second-order valence-electron chi connectivity index (χ2n) is 6.67. The van der Waals surface area contributed by atoms with Gasteiger partial charge in [0.15, 0.2) is 0 Å². The van der Waals surface area contributed by atoms with E-state index < -0.39 is 24.0 Å². The molecule has 1 saturated carbocycles. The molecule has 0 spiro atoms. The number of nitrogens with zero attached hydrogens (tertiary/aromatic N) is 3. The van der Waals surface area contributed by atoms with Gasteiger partial charge in [0.25, 0.3) is 5.91 Å². The van der Waals surface area contributed by atoms with E-state index >= 15 is 0 Å². The van der Waals surface area contributed by atoms with Crippen molar-refractivity contribution in [1.29, 1.82) is 0 Å². The van der Waals surface area contributed by atoms with Crippen molar-refractivity contribution in [2.45, 2.75) is 38.2 Å². The Morgan fingerprint density at radius 2 is 1.92 bits per heavy atom. The predicted octanol–water partition coefficient (Wildman–Crippen LogP) is 3.26. The van der Waals surface area contributed by atoms with Crippen molar-refractivity contribution in [1.82, 2.24) is 14.7 Å². The number of hydrogen-bond acceptors (Lipinski definition) is 3. The first kappa shape index (κ1) is 16.9. The van der Waals surface area contributed by atoms with Gasteiger partial charge < -0.3 is 9.64 Å². The van der Waals surface area contributed by atoms with Crippen LogP contribution in [-0.4, -0.2) is 39.4 Å². The minimum Gasteiger partial charge on any atom is -0.487 e. The number of rotatable bonds is 5. The van der Waals surface area contributed by atoms with Crippen LogP contribution < -0.4 is 4.74 Å². The van der Waals surface area contributed by atoms with Crippen molar-refractivity contribution in [3.8, 4) is 5.75 Å². The Balaban J connectivity index is 1.51. The average Bonchev–Trinajstić information content (AvgIpc) is 3.33. The van der Waals surface area contributed by atoms with Crippen molar-refractivity contribution in [2.75, 3.05) is 6.54 Å². The molecule has 1 amide bonds. The molecule has 2 aromatic rings. The molecule has 1 atom stereocenters. The predicted molar refractivity (Wildman–Crippen MR) is 86.6 cm³/mol. The molecule has 2 aliphatic rings. The SMILES string of the molecule is O=C1c2cc(COc3ccccc3)nn2CCN1[C@@H](C1CC1)C(F)(F)F. The fraction of sp³-hybridized carbons (Fsp3) is 0.444. The van der Waals surface area contributed by atoms with Gasteiger partial charge in [-0.2, -0.15) is 18.3 Å². The molecule has 1 aliphatic carbocycles. The molecule has 1 aliphatic heterocycles. The minimum absolute atomic E-state index is 0.0210. The summed E-state index contributed by atoms with van der Waals surface area (Å²) < 4.78 is 47.3. The molecule has 5 nitrogen and oxygen atoms in total. The van der Waals surface area contributed by atoms with Gasteiger partial charge in [0.05, 0.1) is 6.54 Å². The lowest BCUT2D eigenvalue weighted by molar-refractivity contribution is -0.183. The summed E-state index contributed by atoms with van der Waals surface area (Å²) in [7, 11) is 0. The number of carbonyl (C=O) groups is 1. The fourth-order valence-corrected chi connectivity index (χ4v) is 3.38. The highest BCUT2D eigenvalue weighted by Gasteiger charge is 2.54. The third kappa shape index (κ3) is 3.27. The zero-order valence-corrected chi connectivity index (χ0v) is 13.9. The Morgan fingerprint density at radius 1 is 1.19 bits per heavy atom. The summed E-state index contributed by atoms with van der Waals surface area (Å²) in [6.45, 7) is 0.432. The molecular formula is C18H18F3N3O2. The zero-order valence-electron chi connectivity index (χ0n) is 13.9. The monoisotopic (exact) mass is 365 g/mol. The van der Waals surface area contributed by atoms with Gasteiger partial charge in [-0.15, -0.1) is 0 Å². The van der Waals surface area contributed by atoms with Crippen LogP contribution in [0, 0.1) is 5.92 Å². The third-order valence-electron chi connectivity index (χ3n) is 4.73. The number of halogens is 3. The molecule has 0 bridgehead atoms. The molecule has 1 fully saturated rings. The largest absolute Gasteiger partial charge is 0.487 e. The second kappa shape index (κ2) is 6.34. The Kier molecular flexibility index (Phi) is 4.13. The average molecular weight is 365 g/mol. The van der Waals surface area contributed by atoms with Crippen LogP contribution in [-0.2, 0) is 13.2 Å². The van der Waals surface area contributed by atoms with Crippen LogP contribution in [0.5, 0.6) is 5.75 Å². The Labute approximate surface area is 148 Å². The van der Waals surface area contributed by atoms with E-state index in [2.05, 4.69) is 5.10 Å². The molecule has 0 radical (unpaired) electrons. The maximum Gasteiger partial charge on any atom is 0.409 e. The molecule has 138 valence electrons. The molecule has 0 saturated heterocycles. The topological polar surface area (TPSA) is 47.4 Å². The summed E-state index contributed by atoms with van der Waals surface area (Å²) in [5.74, 6) is -0.421. The van der Waals surface area contributed by atoms with Crippen LogP contribution in [0.4, 0.5) is 13.2 Å². The molecule has 2 heterocycles. The van der Waals surface area contributed by atoms with Crippen molar-refractivity contribution in [2.24, 2.45) is 5.92 Å². The molecular weight excluding hydrogens is 347 g/mol. The summed E-state index contributed by atoms with van der Waals surface area (Å²) in [6, 6.07) is 8.97. The molecule has 26 heavy (non-hydrogen) atoms. The number of aromatic nitrogens is 2. The van der Waals surface area contributed by atoms with Crippen molar-refractivity contribution < 1.29 is 22.7 Å². The van der Waals surface area contributed by atoms with Crippen LogP contribution in [0.2, 0.25) is 0 Å². The van der Waals surface area contributed by atoms with Gasteiger partial charge in [-0.05, 0) is 37.0 Å². The number of ether oxygens (including phenoxy) is 1. The lowest BCUT2D eigenvalue weighted by Crippen LogP contribution is -2.53. The molecule has 0 N–H and O–H groups in total. The minimum atomic E-state index is -4.40. The maximum absolute atomic E-state index is 13.4. The Hall–Kier alpha value is -2.51. The van der Waals surface area contributed by atoms with Crippen molar-refractivity contribution in [3.63, 3.8) is 0 Å². The Bertz CT molecular complexity index is 800. The van der Waals surface area contributed by atoms with Gasteiger partial charge in [0, 0.05) is 6.54 Å².